The molecule has 3 atom stereocenters. The number of hydrogen-bond donors (Lipinski definition) is 1. The van der Waals surface area contributed by atoms with Crippen LogP contribution in [0.4, 0.5) is 11.4 Å². The first-order valence-corrected chi connectivity index (χ1v) is 9.31. The van der Waals surface area contributed by atoms with Gasteiger partial charge in [-0.15, -0.1) is 0 Å². The minimum absolute atomic E-state index is 0.0687. The molecule has 0 spiro atoms. The Kier molecular flexibility index (Phi) is 4.12. The van der Waals surface area contributed by atoms with E-state index in [1.165, 1.54) is 5.56 Å². The maximum Gasteiger partial charge on any atom is 0.231 e. The molecule has 0 saturated heterocycles. The summed E-state index contributed by atoms with van der Waals surface area (Å²) >= 11 is 3.38. The van der Waals surface area contributed by atoms with Gasteiger partial charge in [0, 0.05) is 21.9 Å². The van der Waals surface area contributed by atoms with Gasteiger partial charge in [-0.1, -0.05) is 34.1 Å². The topological polar surface area (TPSA) is 49.4 Å². The molecule has 1 saturated carbocycles. The van der Waals surface area contributed by atoms with Crippen molar-refractivity contribution in [3.63, 3.8) is 0 Å². The lowest BCUT2D eigenvalue weighted by Crippen LogP contribution is -2.37. The summed E-state index contributed by atoms with van der Waals surface area (Å²) in [6.07, 6.45) is 1.51. The number of para-hydroxylation sites is 1. The number of benzene rings is 2. The molecule has 4 rings (SSSR count). The van der Waals surface area contributed by atoms with E-state index in [1.807, 2.05) is 47.4 Å². The molecule has 0 aromatic heterocycles. The Morgan fingerprint density at radius 3 is 2.56 bits per heavy atom. The zero-order chi connectivity index (χ0) is 17.6. The molecule has 1 heterocycles. The molecule has 2 aliphatic rings. The molecule has 1 fully saturated rings. The van der Waals surface area contributed by atoms with Crippen molar-refractivity contribution in [1.82, 2.24) is 0 Å². The summed E-state index contributed by atoms with van der Waals surface area (Å²) in [6.45, 7) is 2.07. The van der Waals surface area contributed by atoms with Crippen molar-refractivity contribution in [2.45, 2.75) is 25.8 Å². The first kappa shape index (κ1) is 16.3. The number of carbonyl (C=O) groups is 2. The number of hydrogen-bond acceptors (Lipinski definition) is 2. The maximum atomic E-state index is 12.9. The highest BCUT2D eigenvalue weighted by atomic mass is 79.9. The first-order chi connectivity index (χ1) is 12.0. The standard InChI is InChI=1S/C20H19BrN2O2/c1-12-10-13-4-2-3-5-18(13)23(12)20(25)17-11-16(17)19(24)22-15-8-6-14(21)7-9-15/h2-9,12,16-17H,10-11H2,1H3,(H,22,24). The number of halogens is 1. The molecule has 2 aromatic rings. The minimum atomic E-state index is -0.226. The second kappa shape index (κ2) is 6.30. The van der Waals surface area contributed by atoms with Gasteiger partial charge in [0.1, 0.15) is 0 Å². The van der Waals surface area contributed by atoms with Crippen LogP contribution in [0, 0.1) is 11.8 Å². The molecule has 0 bridgehead atoms. The van der Waals surface area contributed by atoms with Crippen molar-refractivity contribution >= 4 is 39.1 Å². The van der Waals surface area contributed by atoms with E-state index in [9.17, 15) is 9.59 Å². The van der Waals surface area contributed by atoms with Crippen molar-refractivity contribution in [3.8, 4) is 0 Å². The van der Waals surface area contributed by atoms with Crippen LogP contribution in [-0.4, -0.2) is 17.9 Å². The number of rotatable bonds is 3. The van der Waals surface area contributed by atoms with Crippen LogP contribution in [0.3, 0.4) is 0 Å². The van der Waals surface area contributed by atoms with Gasteiger partial charge in [0.15, 0.2) is 0 Å². The average Bonchev–Trinajstić information content (AvgIpc) is 3.33. The molecule has 128 valence electrons. The third-order valence-electron chi connectivity index (χ3n) is 5.00. The fourth-order valence-electron chi connectivity index (χ4n) is 3.61. The molecule has 3 unspecified atom stereocenters. The number of amides is 2. The first-order valence-electron chi connectivity index (χ1n) is 8.52. The Balaban J connectivity index is 1.43. The van der Waals surface area contributed by atoms with E-state index in [0.29, 0.717) is 6.42 Å². The number of carbonyl (C=O) groups excluding carboxylic acids is 2. The van der Waals surface area contributed by atoms with Crippen LogP contribution in [0.25, 0.3) is 0 Å². The highest BCUT2D eigenvalue weighted by Crippen LogP contribution is 2.44. The fraction of sp³-hybridized carbons (Fsp3) is 0.300. The second-order valence-electron chi connectivity index (χ2n) is 6.83. The Morgan fingerprint density at radius 1 is 1.08 bits per heavy atom. The largest absolute Gasteiger partial charge is 0.326 e. The van der Waals surface area contributed by atoms with Crippen LogP contribution in [0.5, 0.6) is 0 Å². The maximum absolute atomic E-state index is 12.9. The van der Waals surface area contributed by atoms with Gasteiger partial charge in [-0.25, -0.2) is 0 Å². The predicted octanol–water partition coefficient (Wildman–Crippen LogP) is 4.00. The van der Waals surface area contributed by atoms with Crippen molar-refractivity contribution in [1.29, 1.82) is 0 Å². The Morgan fingerprint density at radius 2 is 1.80 bits per heavy atom. The lowest BCUT2D eigenvalue weighted by molar-refractivity contribution is -0.123. The normalized spacial score (nSPS) is 23.9. The monoisotopic (exact) mass is 398 g/mol. The van der Waals surface area contributed by atoms with Gasteiger partial charge in [-0.3, -0.25) is 9.59 Å². The van der Waals surface area contributed by atoms with Crippen LogP contribution in [0.15, 0.2) is 53.0 Å². The van der Waals surface area contributed by atoms with E-state index < -0.39 is 0 Å². The quantitative estimate of drug-likeness (QED) is 0.848. The zero-order valence-corrected chi connectivity index (χ0v) is 15.5. The van der Waals surface area contributed by atoms with Gasteiger partial charge in [0.05, 0.1) is 11.8 Å². The van der Waals surface area contributed by atoms with Gasteiger partial charge in [0.25, 0.3) is 0 Å². The average molecular weight is 399 g/mol. The molecule has 5 heteroatoms. The van der Waals surface area contributed by atoms with Crippen LogP contribution in [0.1, 0.15) is 18.9 Å². The van der Waals surface area contributed by atoms with Gasteiger partial charge in [-0.2, -0.15) is 0 Å². The molecular formula is C20H19BrN2O2. The van der Waals surface area contributed by atoms with E-state index in [-0.39, 0.29) is 29.7 Å². The van der Waals surface area contributed by atoms with Crippen LogP contribution < -0.4 is 10.2 Å². The second-order valence-corrected chi connectivity index (χ2v) is 7.75. The highest BCUT2D eigenvalue weighted by Gasteiger charge is 2.51. The summed E-state index contributed by atoms with van der Waals surface area (Å²) in [7, 11) is 0. The molecule has 2 amide bonds. The molecule has 1 aliphatic heterocycles. The third kappa shape index (κ3) is 3.09. The number of fused-ring (bicyclic) bond motifs is 1. The van der Waals surface area contributed by atoms with E-state index >= 15 is 0 Å². The minimum Gasteiger partial charge on any atom is -0.326 e. The summed E-state index contributed by atoms with van der Waals surface area (Å²) in [5, 5.41) is 2.91. The zero-order valence-electron chi connectivity index (χ0n) is 13.9. The molecule has 1 N–H and O–H groups in total. The number of anilines is 2. The fourth-order valence-corrected chi connectivity index (χ4v) is 3.87. The Bertz CT molecular complexity index is 834. The number of nitrogens with zero attached hydrogens (tertiary/aromatic N) is 1. The summed E-state index contributed by atoms with van der Waals surface area (Å²) in [5.41, 5.74) is 2.96. The Hall–Kier alpha value is -2.14. The lowest BCUT2D eigenvalue weighted by Gasteiger charge is -2.23. The van der Waals surface area contributed by atoms with E-state index in [4.69, 9.17) is 0 Å². The van der Waals surface area contributed by atoms with Crippen molar-refractivity contribution in [2.75, 3.05) is 10.2 Å². The summed E-state index contributed by atoms with van der Waals surface area (Å²) in [6, 6.07) is 15.6. The van der Waals surface area contributed by atoms with Crippen molar-refractivity contribution in [2.24, 2.45) is 11.8 Å². The summed E-state index contributed by atoms with van der Waals surface area (Å²) in [4.78, 5) is 27.2. The van der Waals surface area contributed by atoms with E-state index in [0.717, 1.165) is 22.3 Å². The van der Waals surface area contributed by atoms with Crippen molar-refractivity contribution < 1.29 is 9.59 Å². The van der Waals surface area contributed by atoms with Gasteiger partial charge >= 0.3 is 0 Å². The number of nitrogens with one attached hydrogen (secondary N) is 1. The van der Waals surface area contributed by atoms with Gasteiger partial charge < -0.3 is 10.2 Å². The van der Waals surface area contributed by atoms with E-state index in [1.54, 1.807) is 0 Å². The third-order valence-corrected chi connectivity index (χ3v) is 5.53. The van der Waals surface area contributed by atoms with Crippen LogP contribution in [-0.2, 0) is 16.0 Å². The lowest BCUT2D eigenvalue weighted by atomic mass is 10.1. The van der Waals surface area contributed by atoms with E-state index in [2.05, 4.69) is 34.2 Å². The highest BCUT2D eigenvalue weighted by molar-refractivity contribution is 9.10. The van der Waals surface area contributed by atoms with Crippen molar-refractivity contribution in [3.05, 3.63) is 58.6 Å². The molecule has 2 aromatic carbocycles. The molecule has 25 heavy (non-hydrogen) atoms. The van der Waals surface area contributed by atoms with Crippen LogP contribution in [0.2, 0.25) is 0 Å². The smallest absolute Gasteiger partial charge is 0.231 e. The van der Waals surface area contributed by atoms with Gasteiger partial charge in [0.2, 0.25) is 11.8 Å². The van der Waals surface area contributed by atoms with Gasteiger partial charge in [-0.05, 0) is 55.7 Å². The van der Waals surface area contributed by atoms with Crippen LogP contribution >= 0.6 is 15.9 Å². The molecule has 1 aliphatic carbocycles. The molecule has 4 nitrogen and oxygen atoms in total. The Labute approximate surface area is 155 Å². The summed E-state index contributed by atoms with van der Waals surface area (Å²) in [5.74, 6) is -0.422. The SMILES string of the molecule is CC1Cc2ccccc2N1C(=O)C1CC1C(=O)Nc1ccc(Br)cc1. The summed E-state index contributed by atoms with van der Waals surface area (Å²) < 4.78 is 0.965. The predicted molar refractivity (Wildman–Crippen MR) is 101 cm³/mol. The molecular weight excluding hydrogens is 380 g/mol. The molecule has 0 radical (unpaired) electrons.